The molecule has 3 atom stereocenters. The molecule has 3 rings (SSSR count). The van der Waals surface area contributed by atoms with Gasteiger partial charge in [0.1, 0.15) is 6.07 Å². The van der Waals surface area contributed by atoms with Gasteiger partial charge in [0.25, 0.3) is 0 Å². The minimum atomic E-state index is -3.72. The summed E-state index contributed by atoms with van der Waals surface area (Å²) in [6, 6.07) is 8.18. The summed E-state index contributed by atoms with van der Waals surface area (Å²) in [5, 5.41) is 12.4. The fourth-order valence-electron chi connectivity index (χ4n) is 4.25. The first-order chi connectivity index (χ1) is 13.8. The van der Waals surface area contributed by atoms with E-state index in [1.807, 2.05) is 17.9 Å². The van der Waals surface area contributed by atoms with Gasteiger partial charge in [0.05, 0.1) is 16.5 Å². The van der Waals surface area contributed by atoms with Crippen molar-refractivity contribution in [1.29, 1.82) is 5.26 Å². The molecule has 2 fully saturated rings. The summed E-state index contributed by atoms with van der Waals surface area (Å²) in [6.07, 6.45) is 4.57. The van der Waals surface area contributed by atoms with E-state index in [4.69, 9.17) is 0 Å². The summed E-state index contributed by atoms with van der Waals surface area (Å²) in [6.45, 7) is 5.67. The van der Waals surface area contributed by atoms with E-state index in [1.54, 1.807) is 12.1 Å². The Labute approximate surface area is 173 Å². The summed E-state index contributed by atoms with van der Waals surface area (Å²) in [5.74, 6) is 0.525. The molecule has 0 bridgehead atoms. The number of nitrogens with one attached hydrogen (secondary N) is 1. The van der Waals surface area contributed by atoms with E-state index in [9.17, 15) is 18.5 Å². The average Bonchev–Trinajstić information content (AvgIpc) is 2.74. The molecular weight excluding hydrogens is 388 g/mol. The van der Waals surface area contributed by atoms with Crippen LogP contribution in [0.3, 0.4) is 0 Å². The molecule has 2 aliphatic rings. The topological polar surface area (TPSA) is 93.5 Å². The van der Waals surface area contributed by atoms with E-state index in [0.29, 0.717) is 32.1 Å². The number of hydrogen-bond acceptors (Lipinski definition) is 5. The summed E-state index contributed by atoms with van der Waals surface area (Å²) < 4.78 is 27.3. The smallest absolute Gasteiger partial charge is 0.244 e. The van der Waals surface area contributed by atoms with Crippen LogP contribution < -0.4 is 5.32 Å². The number of amides is 1. The third kappa shape index (κ3) is 4.80. The number of sulfonamides is 1. The van der Waals surface area contributed by atoms with Gasteiger partial charge in [-0.05, 0) is 37.8 Å². The second kappa shape index (κ2) is 9.24. The second-order valence-electron chi connectivity index (χ2n) is 8.10. The SMILES string of the molecule is C[C@@H]1CCCC[C@@H]1NC(=O)[C@@H](C)N1CCN(S(=O)(=O)c2ccccc2C#N)CC1. The van der Waals surface area contributed by atoms with Crippen molar-refractivity contribution >= 4 is 15.9 Å². The standard InChI is InChI=1S/C21H30N4O3S/c1-16-7-3-5-9-19(16)23-21(26)17(2)24-11-13-25(14-12-24)29(27,28)20-10-6-4-8-18(20)15-22/h4,6,8,10,16-17,19H,3,5,7,9,11-14H2,1-2H3,(H,23,26)/t16-,17-,19+/m1/s1. The molecule has 1 saturated carbocycles. The lowest BCUT2D eigenvalue weighted by Gasteiger charge is -2.38. The molecule has 0 spiro atoms. The highest BCUT2D eigenvalue weighted by atomic mass is 32.2. The Bertz CT molecular complexity index is 872. The van der Waals surface area contributed by atoms with Crippen molar-refractivity contribution in [1.82, 2.24) is 14.5 Å². The van der Waals surface area contributed by atoms with Crippen LogP contribution in [-0.2, 0) is 14.8 Å². The highest BCUT2D eigenvalue weighted by Gasteiger charge is 2.34. The zero-order valence-electron chi connectivity index (χ0n) is 17.2. The van der Waals surface area contributed by atoms with Crippen LogP contribution in [0.15, 0.2) is 29.2 Å². The lowest BCUT2D eigenvalue weighted by Crippen LogP contribution is -2.56. The Morgan fingerprint density at radius 3 is 2.48 bits per heavy atom. The number of hydrogen-bond donors (Lipinski definition) is 1. The van der Waals surface area contributed by atoms with Gasteiger partial charge in [0.15, 0.2) is 0 Å². The predicted octanol–water partition coefficient (Wildman–Crippen LogP) is 1.95. The predicted molar refractivity (Wildman–Crippen MR) is 111 cm³/mol. The molecule has 7 nitrogen and oxygen atoms in total. The van der Waals surface area contributed by atoms with Gasteiger partial charge >= 0.3 is 0 Å². The summed E-state index contributed by atoms with van der Waals surface area (Å²) in [5.41, 5.74) is 0.157. The molecule has 1 aromatic rings. The van der Waals surface area contributed by atoms with E-state index < -0.39 is 10.0 Å². The van der Waals surface area contributed by atoms with Crippen LogP contribution in [0.5, 0.6) is 0 Å². The first-order valence-corrected chi connectivity index (χ1v) is 11.8. The Morgan fingerprint density at radius 1 is 1.17 bits per heavy atom. The van der Waals surface area contributed by atoms with Crippen LogP contribution in [-0.4, -0.2) is 61.8 Å². The molecule has 0 radical (unpaired) electrons. The van der Waals surface area contributed by atoms with Crippen LogP contribution in [0.1, 0.15) is 45.1 Å². The summed E-state index contributed by atoms with van der Waals surface area (Å²) in [7, 11) is -3.72. The number of benzene rings is 1. The summed E-state index contributed by atoms with van der Waals surface area (Å²) >= 11 is 0. The van der Waals surface area contributed by atoms with E-state index >= 15 is 0 Å². The van der Waals surface area contributed by atoms with Gasteiger partial charge in [-0.2, -0.15) is 9.57 Å². The molecule has 1 aliphatic heterocycles. The molecule has 1 N–H and O–H groups in total. The van der Waals surface area contributed by atoms with E-state index in [-0.39, 0.29) is 28.4 Å². The Kier molecular flexibility index (Phi) is 6.93. The van der Waals surface area contributed by atoms with Crippen molar-refractivity contribution in [2.45, 2.75) is 56.5 Å². The fourth-order valence-corrected chi connectivity index (χ4v) is 5.82. The first kappa shape index (κ1) is 21.8. The maximum absolute atomic E-state index is 13.0. The second-order valence-corrected chi connectivity index (χ2v) is 10.0. The highest BCUT2D eigenvalue weighted by Crippen LogP contribution is 2.24. The zero-order chi connectivity index (χ0) is 21.0. The van der Waals surface area contributed by atoms with Crippen molar-refractivity contribution in [2.24, 2.45) is 5.92 Å². The van der Waals surface area contributed by atoms with E-state index in [0.717, 1.165) is 19.3 Å². The average molecular weight is 419 g/mol. The highest BCUT2D eigenvalue weighted by molar-refractivity contribution is 7.89. The van der Waals surface area contributed by atoms with E-state index in [1.165, 1.54) is 22.9 Å². The zero-order valence-corrected chi connectivity index (χ0v) is 18.0. The van der Waals surface area contributed by atoms with Crippen molar-refractivity contribution in [3.63, 3.8) is 0 Å². The van der Waals surface area contributed by atoms with Crippen molar-refractivity contribution < 1.29 is 13.2 Å². The molecule has 1 amide bonds. The Balaban J connectivity index is 1.59. The largest absolute Gasteiger partial charge is 0.352 e. The van der Waals surface area contributed by atoms with E-state index in [2.05, 4.69) is 12.2 Å². The normalized spacial score (nSPS) is 25.1. The minimum Gasteiger partial charge on any atom is -0.352 e. The molecule has 1 saturated heterocycles. The third-order valence-corrected chi connectivity index (χ3v) is 8.22. The Hall–Kier alpha value is -1.95. The number of piperazine rings is 1. The van der Waals surface area contributed by atoms with Gasteiger partial charge in [0, 0.05) is 32.2 Å². The number of carbonyl (C=O) groups is 1. The number of nitriles is 1. The maximum Gasteiger partial charge on any atom is 0.244 e. The minimum absolute atomic E-state index is 0.0230. The number of rotatable bonds is 5. The van der Waals surface area contributed by atoms with Crippen LogP contribution in [0, 0.1) is 17.2 Å². The monoisotopic (exact) mass is 418 g/mol. The van der Waals surface area contributed by atoms with Gasteiger partial charge in [-0.1, -0.05) is 31.9 Å². The van der Waals surface area contributed by atoms with Crippen molar-refractivity contribution in [2.75, 3.05) is 26.2 Å². The van der Waals surface area contributed by atoms with Crippen molar-refractivity contribution in [3.05, 3.63) is 29.8 Å². The summed E-state index contributed by atoms with van der Waals surface area (Å²) in [4.78, 5) is 14.8. The van der Waals surface area contributed by atoms with Gasteiger partial charge in [-0.25, -0.2) is 8.42 Å². The van der Waals surface area contributed by atoms with Gasteiger partial charge < -0.3 is 5.32 Å². The van der Waals surface area contributed by atoms with Gasteiger partial charge in [-0.15, -0.1) is 0 Å². The molecule has 158 valence electrons. The van der Waals surface area contributed by atoms with Crippen LogP contribution in [0.2, 0.25) is 0 Å². The molecule has 1 heterocycles. The number of nitrogens with zero attached hydrogens (tertiary/aromatic N) is 3. The number of carbonyl (C=O) groups excluding carboxylic acids is 1. The molecule has 1 aromatic carbocycles. The molecule has 0 unspecified atom stereocenters. The fraction of sp³-hybridized carbons (Fsp3) is 0.619. The lowest BCUT2D eigenvalue weighted by atomic mass is 9.86. The molecule has 8 heteroatoms. The maximum atomic E-state index is 13.0. The molecule has 0 aromatic heterocycles. The van der Waals surface area contributed by atoms with Crippen molar-refractivity contribution in [3.8, 4) is 6.07 Å². The first-order valence-electron chi connectivity index (χ1n) is 10.4. The van der Waals surface area contributed by atoms with Crippen LogP contribution >= 0.6 is 0 Å². The Morgan fingerprint density at radius 2 is 1.83 bits per heavy atom. The molecule has 1 aliphatic carbocycles. The van der Waals surface area contributed by atoms with Gasteiger partial charge in [-0.3, -0.25) is 9.69 Å². The van der Waals surface area contributed by atoms with Gasteiger partial charge in [0.2, 0.25) is 15.9 Å². The quantitative estimate of drug-likeness (QED) is 0.789. The molecule has 29 heavy (non-hydrogen) atoms. The third-order valence-electron chi connectivity index (χ3n) is 6.26. The lowest BCUT2D eigenvalue weighted by molar-refractivity contribution is -0.127. The van der Waals surface area contributed by atoms with Crippen LogP contribution in [0.4, 0.5) is 0 Å². The molecular formula is C21H30N4O3S. The van der Waals surface area contributed by atoms with Crippen LogP contribution in [0.25, 0.3) is 0 Å².